The summed E-state index contributed by atoms with van der Waals surface area (Å²) in [4.78, 5) is 29.9. The standard InChI is InChI=1S/C20H23F2N3O2S/c1-2-17(26)23-9-6-14-12-28-19(24-14)13-7-10-25(11-8-13)20(27)18-15(21)4-3-5-16(18)22/h3-5,12-13H,2,6-11H2,1H3,(H,23,26). The van der Waals surface area contributed by atoms with E-state index in [2.05, 4.69) is 10.3 Å². The third-order valence-electron chi connectivity index (χ3n) is 4.90. The molecule has 1 saturated heterocycles. The molecular weight excluding hydrogens is 384 g/mol. The predicted octanol–water partition coefficient (Wildman–Crippen LogP) is 3.51. The van der Waals surface area contributed by atoms with Gasteiger partial charge in [-0.3, -0.25) is 9.59 Å². The van der Waals surface area contributed by atoms with Gasteiger partial charge in [-0.25, -0.2) is 13.8 Å². The molecule has 0 aliphatic carbocycles. The smallest absolute Gasteiger partial charge is 0.259 e. The van der Waals surface area contributed by atoms with Crippen molar-refractivity contribution in [2.45, 2.75) is 38.5 Å². The molecule has 0 atom stereocenters. The molecule has 2 amide bonds. The summed E-state index contributed by atoms with van der Waals surface area (Å²) in [5, 5.41) is 5.85. The highest BCUT2D eigenvalue weighted by molar-refractivity contribution is 7.09. The Hall–Kier alpha value is -2.35. The minimum atomic E-state index is -0.827. The topological polar surface area (TPSA) is 62.3 Å². The summed E-state index contributed by atoms with van der Waals surface area (Å²) in [7, 11) is 0. The van der Waals surface area contributed by atoms with Crippen molar-refractivity contribution in [2.24, 2.45) is 0 Å². The van der Waals surface area contributed by atoms with Crippen molar-refractivity contribution in [3.63, 3.8) is 0 Å². The Morgan fingerprint density at radius 2 is 1.93 bits per heavy atom. The van der Waals surface area contributed by atoms with Gasteiger partial charge in [0.05, 0.1) is 10.7 Å². The summed E-state index contributed by atoms with van der Waals surface area (Å²) in [5.74, 6) is -1.99. The van der Waals surface area contributed by atoms with Gasteiger partial charge in [-0.05, 0) is 25.0 Å². The van der Waals surface area contributed by atoms with Crippen molar-refractivity contribution in [1.29, 1.82) is 0 Å². The molecular formula is C20H23F2N3O2S. The van der Waals surface area contributed by atoms with Gasteiger partial charge < -0.3 is 10.2 Å². The maximum absolute atomic E-state index is 13.9. The number of hydrogen-bond acceptors (Lipinski definition) is 4. The van der Waals surface area contributed by atoms with Gasteiger partial charge in [-0.2, -0.15) is 0 Å². The summed E-state index contributed by atoms with van der Waals surface area (Å²) in [6.07, 6.45) is 2.57. The fourth-order valence-electron chi connectivity index (χ4n) is 3.27. The zero-order chi connectivity index (χ0) is 20.1. The van der Waals surface area contributed by atoms with E-state index in [4.69, 9.17) is 0 Å². The maximum atomic E-state index is 13.9. The number of nitrogens with zero attached hydrogens (tertiary/aromatic N) is 2. The van der Waals surface area contributed by atoms with Gasteiger partial charge in [-0.1, -0.05) is 13.0 Å². The van der Waals surface area contributed by atoms with Crippen molar-refractivity contribution < 1.29 is 18.4 Å². The molecule has 1 aliphatic heterocycles. The van der Waals surface area contributed by atoms with E-state index in [0.717, 1.165) is 22.8 Å². The van der Waals surface area contributed by atoms with Gasteiger partial charge in [-0.15, -0.1) is 11.3 Å². The molecule has 1 aromatic heterocycles. The van der Waals surface area contributed by atoms with E-state index >= 15 is 0 Å². The molecule has 0 bridgehead atoms. The van der Waals surface area contributed by atoms with Crippen LogP contribution < -0.4 is 5.32 Å². The lowest BCUT2D eigenvalue weighted by atomic mass is 9.97. The first-order valence-corrected chi connectivity index (χ1v) is 10.3. The summed E-state index contributed by atoms with van der Waals surface area (Å²) < 4.78 is 27.7. The summed E-state index contributed by atoms with van der Waals surface area (Å²) in [6.45, 7) is 3.27. The Morgan fingerprint density at radius 3 is 2.57 bits per heavy atom. The molecule has 8 heteroatoms. The lowest BCUT2D eigenvalue weighted by Crippen LogP contribution is -2.38. The molecule has 5 nitrogen and oxygen atoms in total. The van der Waals surface area contributed by atoms with Crippen molar-refractivity contribution in [3.8, 4) is 0 Å². The Labute approximate surface area is 166 Å². The van der Waals surface area contributed by atoms with E-state index in [1.54, 1.807) is 11.3 Å². The van der Waals surface area contributed by atoms with Crippen LogP contribution in [0.3, 0.4) is 0 Å². The number of halogens is 2. The minimum absolute atomic E-state index is 0.0266. The van der Waals surface area contributed by atoms with Crippen molar-refractivity contribution >= 4 is 23.2 Å². The largest absolute Gasteiger partial charge is 0.356 e. The molecule has 1 N–H and O–H groups in total. The van der Waals surface area contributed by atoms with E-state index in [1.807, 2.05) is 12.3 Å². The van der Waals surface area contributed by atoms with Crippen molar-refractivity contribution in [1.82, 2.24) is 15.2 Å². The van der Waals surface area contributed by atoms with Gasteiger partial charge in [0, 0.05) is 43.8 Å². The molecule has 0 spiro atoms. The van der Waals surface area contributed by atoms with Gasteiger partial charge in [0.15, 0.2) is 0 Å². The normalized spacial score (nSPS) is 14.9. The first-order chi connectivity index (χ1) is 13.5. The van der Waals surface area contributed by atoms with Crippen LogP contribution >= 0.6 is 11.3 Å². The van der Waals surface area contributed by atoms with Gasteiger partial charge in [0.1, 0.15) is 17.2 Å². The highest BCUT2D eigenvalue weighted by Gasteiger charge is 2.29. The molecule has 28 heavy (non-hydrogen) atoms. The van der Waals surface area contributed by atoms with Gasteiger partial charge in [0.25, 0.3) is 5.91 Å². The van der Waals surface area contributed by atoms with E-state index < -0.39 is 23.1 Å². The predicted molar refractivity (Wildman–Crippen MR) is 103 cm³/mol. The average molecular weight is 407 g/mol. The van der Waals surface area contributed by atoms with Crippen LogP contribution in [-0.4, -0.2) is 41.3 Å². The van der Waals surface area contributed by atoms with Crippen LogP contribution in [0.4, 0.5) is 8.78 Å². The minimum Gasteiger partial charge on any atom is -0.356 e. The number of nitrogens with one attached hydrogen (secondary N) is 1. The van der Waals surface area contributed by atoms with E-state index in [1.165, 1.54) is 11.0 Å². The van der Waals surface area contributed by atoms with Gasteiger partial charge >= 0.3 is 0 Å². The van der Waals surface area contributed by atoms with Crippen LogP contribution in [0, 0.1) is 11.6 Å². The number of benzene rings is 1. The van der Waals surface area contributed by atoms with Crippen LogP contribution in [-0.2, 0) is 11.2 Å². The zero-order valence-electron chi connectivity index (χ0n) is 15.7. The molecule has 0 unspecified atom stereocenters. The van der Waals surface area contributed by atoms with Crippen LogP contribution in [0.5, 0.6) is 0 Å². The molecule has 2 heterocycles. The SMILES string of the molecule is CCC(=O)NCCc1csc(C2CCN(C(=O)c3c(F)cccc3F)CC2)n1. The monoisotopic (exact) mass is 407 g/mol. The quantitative estimate of drug-likeness (QED) is 0.797. The second-order valence-electron chi connectivity index (χ2n) is 6.79. The second kappa shape index (κ2) is 9.23. The molecule has 1 aromatic carbocycles. The molecule has 1 fully saturated rings. The Kier molecular flexibility index (Phi) is 6.72. The number of amides is 2. The third-order valence-corrected chi connectivity index (χ3v) is 5.96. The zero-order valence-corrected chi connectivity index (χ0v) is 16.5. The van der Waals surface area contributed by atoms with E-state index in [-0.39, 0.29) is 11.8 Å². The first kappa shape index (κ1) is 20.4. The molecule has 0 radical (unpaired) electrons. The first-order valence-electron chi connectivity index (χ1n) is 9.43. The molecule has 150 valence electrons. The number of likely N-dealkylation sites (tertiary alicyclic amines) is 1. The van der Waals surface area contributed by atoms with Crippen LogP contribution in [0.15, 0.2) is 23.6 Å². The summed E-state index contributed by atoms with van der Waals surface area (Å²) in [5.41, 5.74) is 0.468. The van der Waals surface area contributed by atoms with Crippen molar-refractivity contribution in [3.05, 3.63) is 51.5 Å². The average Bonchev–Trinajstić information content (AvgIpc) is 3.16. The van der Waals surface area contributed by atoms with Crippen molar-refractivity contribution in [2.75, 3.05) is 19.6 Å². The molecule has 1 aliphatic rings. The fraction of sp³-hybridized carbons (Fsp3) is 0.450. The lowest BCUT2D eigenvalue weighted by Gasteiger charge is -2.31. The Morgan fingerprint density at radius 1 is 1.25 bits per heavy atom. The number of thiazole rings is 1. The third kappa shape index (κ3) is 4.73. The molecule has 0 saturated carbocycles. The van der Waals surface area contributed by atoms with Crippen LogP contribution in [0.2, 0.25) is 0 Å². The Bertz CT molecular complexity index is 827. The number of carbonyl (C=O) groups excluding carboxylic acids is 2. The number of rotatable bonds is 6. The number of hydrogen-bond donors (Lipinski definition) is 1. The van der Waals surface area contributed by atoms with Gasteiger partial charge in [0.2, 0.25) is 5.91 Å². The number of piperidine rings is 1. The molecule has 2 aromatic rings. The number of aromatic nitrogens is 1. The Balaban J connectivity index is 1.54. The van der Waals surface area contributed by atoms with E-state index in [9.17, 15) is 18.4 Å². The fourth-order valence-corrected chi connectivity index (χ4v) is 4.30. The van der Waals surface area contributed by atoms with Crippen LogP contribution in [0.25, 0.3) is 0 Å². The maximum Gasteiger partial charge on any atom is 0.259 e. The van der Waals surface area contributed by atoms with E-state index in [0.29, 0.717) is 45.3 Å². The lowest BCUT2D eigenvalue weighted by molar-refractivity contribution is -0.120. The highest BCUT2D eigenvalue weighted by atomic mass is 32.1. The number of carbonyl (C=O) groups is 2. The van der Waals surface area contributed by atoms with Crippen LogP contribution in [0.1, 0.15) is 53.2 Å². The second-order valence-corrected chi connectivity index (χ2v) is 7.68. The highest BCUT2D eigenvalue weighted by Crippen LogP contribution is 2.31. The summed E-state index contributed by atoms with van der Waals surface area (Å²) in [6, 6.07) is 3.45. The summed E-state index contributed by atoms with van der Waals surface area (Å²) >= 11 is 1.58. The molecule has 3 rings (SSSR count).